The van der Waals surface area contributed by atoms with Gasteiger partial charge < -0.3 is 101 Å². The Morgan fingerprint density at radius 3 is 1.65 bits per heavy atom. The molecule has 1 unspecified atom stereocenters. The summed E-state index contributed by atoms with van der Waals surface area (Å²) in [4.78, 5) is 203. The average molecular weight is 1490 g/mol. The number of hydrogen-bond acceptors (Lipinski definition) is 18. The Bertz CT molecular complexity index is 4390. The van der Waals surface area contributed by atoms with Gasteiger partial charge in [-0.15, -0.1) is 0 Å². The number of carbonyl (C=O) groups excluding carboxylic acids is 12. The highest BCUT2D eigenvalue weighted by atomic mass is 16.4. The number of primary amides is 2. The number of benzene rings is 5. The third-order valence-electron chi connectivity index (χ3n) is 17.9. The molecule has 5 aromatic carbocycles. The van der Waals surface area contributed by atoms with Crippen LogP contribution < -0.4 is 76.1 Å². The Balaban J connectivity index is 1.30. The molecule has 7 aromatic rings. The molecule has 1 aliphatic heterocycles. The second-order valence-electron chi connectivity index (χ2n) is 26.1. The Labute approximate surface area is 618 Å². The Kier molecular flexibility index (Phi) is 27.9. The van der Waals surface area contributed by atoms with Crippen molar-refractivity contribution < 1.29 is 77.6 Å². The number of nitrogens with two attached hydrogens (primary N) is 4. The van der Waals surface area contributed by atoms with E-state index in [0.717, 1.165) is 13.8 Å². The van der Waals surface area contributed by atoms with Crippen LogP contribution in [0.4, 0.5) is 0 Å². The minimum atomic E-state index is -3.19. The summed E-state index contributed by atoms with van der Waals surface area (Å²) in [6, 6.07) is 15.2. The van der Waals surface area contributed by atoms with E-state index in [1.54, 1.807) is 79.0 Å². The molecule has 570 valence electrons. The van der Waals surface area contributed by atoms with E-state index in [1.165, 1.54) is 73.2 Å². The van der Waals surface area contributed by atoms with Gasteiger partial charge in [0.15, 0.2) is 5.96 Å². The Hall–Kier alpha value is -13.2. The van der Waals surface area contributed by atoms with Crippen LogP contribution in [0.5, 0.6) is 11.5 Å². The maximum Gasteiger partial charge on any atom is 0.350 e. The van der Waals surface area contributed by atoms with Crippen molar-refractivity contribution in [1.29, 1.82) is 5.41 Å². The molecule has 108 heavy (non-hydrogen) atoms. The van der Waals surface area contributed by atoms with Crippen molar-refractivity contribution in [1.82, 2.24) is 73.0 Å². The number of imidazole rings is 1. The fourth-order valence-electron chi connectivity index (χ4n) is 12.1. The Morgan fingerprint density at radius 1 is 0.593 bits per heavy atom. The minimum absolute atomic E-state index is 0.00633. The van der Waals surface area contributed by atoms with Crippen LogP contribution in [0.15, 0.2) is 152 Å². The molecule has 8 rings (SSSR count). The van der Waals surface area contributed by atoms with Crippen LogP contribution in [0.1, 0.15) is 73.0 Å². The van der Waals surface area contributed by atoms with Crippen LogP contribution in [-0.4, -0.2) is 191 Å². The maximum atomic E-state index is 15.9. The SMILES string of the molecule is C[C@@H]1NC(=O)[C@H](CC(N)=O)NC(=O)[C@H](Cc2c[nH]c3ccccc23)NC(=O)[C@H](CCCNC(=N)N)NC(=O)[C@@H](Cc2ccccc2)NC(=O)[C@H](Cc2cnc[nH]2)NC(=O)[C@@H](NC(=O)[C@@H](N)Cc2ccc(O)cc2)CC(=O)N([C@@H](Cc2ccc(O)cc2)C(N)=O)C(C)(C(=O)O)NC(=O)[C@H](Cc2ccccc2)NC1=O. The molecule has 1 fully saturated rings. The molecule has 11 atom stereocenters. The molecular weight excluding hydrogens is 1400 g/mol. The van der Waals surface area contributed by atoms with Crippen LogP contribution >= 0.6 is 0 Å². The first-order valence-corrected chi connectivity index (χ1v) is 34.3. The number of H-pyrrole nitrogens is 2. The van der Waals surface area contributed by atoms with E-state index in [4.69, 9.17) is 28.3 Å². The third-order valence-corrected chi connectivity index (χ3v) is 17.9. The van der Waals surface area contributed by atoms with Crippen molar-refractivity contribution in [3.05, 3.63) is 186 Å². The lowest BCUT2D eigenvalue weighted by molar-refractivity contribution is -0.168. The number of carbonyl (C=O) groups is 13. The first kappa shape index (κ1) is 80.5. The van der Waals surface area contributed by atoms with Crippen LogP contribution in [0.2, 0.25) is 0 Å². The van der Waals surface area contributed by atoms with Crippen molar-refractivity contribution >= 4 is 93.7 Å². The largest absolute Gasteiger partial charge is 0.508 e. The molecule has 0 spiro atoms. The van der Waals surface area contributed by atoms with Gasteiger partial charge in [0.2, 0.25) is 76.5 Å². The second-order valence-corrected chi connectivity index (χ2v) is 26.1. The van der Waals surface area contributed by atoms with E-state index < -0.39 is 181 Å². The van der Waals surface area contributed by atoms with E-state index in [9.17, 15) is 48.9 Å². The highest BCUT2D eigenvalue weighted by Gasteiger charge is 2.51. The van der Waals surface area contributed by atoms with Gasteiger partial charge in [0.05, 0.1) is 25.2 Å². The molecule has 35 nitrogen and oxygen atoms in total. The maximum absolute atomic E-state index is 15.9. The summed E-state index contributed by atoms with van der Waals surface area (Å²) < 4.78 is 0. The normalized spacial score (nSPS) is 21.8. The van der Waals surface area contributed by atoms with E-state index in [1.807, 2.05) is 0 Å². The fraction of sp³-hybridized carbons (Fsp3) is 0.329. The predicted octanol–water partition coefficient (Wildman–Crippen LogP) is -2.57. The number of hydrogen-bond donors (Lipinski definition) is 20. The number of fused-ring (bicyclic) bond motifs is 1. The molecule has 1 saturated heterocycles. The summed E-state index contributed by atoms with van der Waals surface area (Å²) in [7, 11) is 0. The molecule has 35 heteroatoms. The van der Waals surface area contributed by atoms with Gasteiger partial charge in [0.25, 0.3) is 0 Å². The van der Waals surface area contributed by atoms with E-state index in [2.05, 4.69) is 68.1 Å². The van der Waals surface area contributed by atoms with Crippen LogP contribution in [0.25, 0.3) is 10.9 Å². The van der Waals surface area contributed by atoms with Gasteiger partial charge in [-0.05, 0) is 91.3 Å². The average Bonchev–Trinajstić information content (AvgIpc) is 1.02. The van der Waals surface area contributed by atoms with Gasteiger partial charge in [-0.1, -0.05) is 103 Å². The lowest BCUT2D eigenvalue weighted by Gasteiger charge is -2.43. The highest BCUT2D eigenvalue weighted by molar-refractivity contribution is 6.02. The monoisotopic (exact) mass is 1490 g/mol. The van der Waals surface area contributed by atoms with E-state index >= 15 is 28.8 Å². The summed E-state index contributed by atoms with van der Waals surface area (Å²) in [5.41, 5.74) is 23.3. The summed E-state index contributed by atoms with van der Waals surface area (Å²) in [6.45, 7) is 1.90. The highest BCUT2D eigenvalue weighted by Crippen LogP contribution is 2.26. The number of nitrogens with zero attached hydrogens (tertiary/aromatic N) is 2. The van der Waals surface area contributed by atoms with Crippen molar-refractivity contribution in [2.75, 3.05) is 6.54 Å². The lowest BCUT2D eigenvalue weighted by atomic mass is 9.97. The number of aromatic amines is 2. The number of amides is 12. The Morgan fingerprint density at radius 2 is 1.09 bits per heavy atom. The van der Waals surface area contributed by atoms with Gasteiger partial charge >= 0.3 is 5.97 Å². The zero-order valence-corrected chi connectivity index (χ0v) is 58.8. The van der Waals surface area contributed by atoms with Gasteiger partial charge in [0.1, 0.15) is 65.9 Å². The van der Waals surface area contributed by atoms with Crippen molar-refractivity contribution in [3.63, 3.8) is 0 Å². The number of carboxylic acid groups (broad SMARTS) is 1. The van der Waals surface area contributed by atoms with Gasteiger partial charge in [-0.25, -0.2) is 9.78 Å². The quantitative estimate of drug-likeness (QED) is 0.0178. The van der Waals surface area contributed by atoms with Gasteiger partial charge in [-0.2, -0.15) is 0 Å². The third kappa shape index (κ3) is 22.6. The smallest absolute Gasteiger partial charge is 0.350 e. The minimum Gasteiger partial charge on any atom is -0.508 e. The van der Waals surface area contributed by atoms with Gasteiger partial charge in [-0.3, -0.25) is 67.8 Å². The molecule has 12 amide bonds. The first-order valence-electron chi connectivity index (χ1n) is 34.3. The molecule has 1 aliphatic rings. The summed E-state index contributed by atoms with van der Waals surface area (Å²) >= 11 is 0. The summed E-state index contributed by atoms with van der Waals surface area (Å²) in [6.07, 6.45) is -0.965. The lowest BCUT2D eigenvalue weighted by Crippen LogP contribution is -2.72. The zero-order valence-electron chi connectivity index (χ0n) is 58.8. The topological polar surface area (TPSA) is 579 Å². The van der Waals surface area contributed by atoms with Crippen LogP contribution in [0, 0.1) is 5.41 Å². The molecule has 0 aliphatic carbocycles. The van der Waals surface area contributed by atoms with Crippen LogP contribution in [0.3, 0.4) is 0 Å². The molecule has 2 aromatic heterocycles. The van der Waals surface area contributed by atoms with Gasteiger partial charge in [0, 0.05) is 67.6 Å². The number of rotatable bonds is 23. The van der Waals surface area contributed by atoms with Crippen molar-refractivity contribution in [2.45, 2.75) is 144 Å². The molecule has 0 bridgehead atoms. The number of guanidine groups is 1. The predicted molar refractivity (Wildman–Crippen MR) is 389 cm³/mol. The van der Waals surface area contributed by atoms with Crippen molar-refractivity contribution in [2.24, 2.45) is 22.9 Å². The molecular formula is C73H87N19O16. The number of nitrogens with one attached hydrogen (secondary N) is 13. The molecule has 24 N–H and O–H groups in total. The first-order chi connectivity index (χ1) is 51.4. The summed E-state index contributed by atoms with van der Waals surface area (Å²) in [5.74, 6) is -17.5. The van der Waals surface area contributed by atoms with Crippen molar-refractivity contribution in [3.8, 4) is 11.5 Å². The fourth-order valence-corrected chi connectivity index (χ4v) is 12.1. The van der Waals surface area contributed by atoms with E-state index in [0.29, 0.717) is 38.1 Å². The number of aromatic hydroxyl groups is 2. The molecule has 0 radical (unpaired) electrons. The summed E-state index contributed by atoms with van der Waals surface area (Å²) in [5, 5.41) is 65.5. The second kappa shape index (κ2) is 37.5. The number of aliphatic carboxylic acids is 1. The molecule has 3 heterocycles. The van der Waals surface area contributed by atoms with E-state index in [-0.39, 0.29) is 61.4 Å². The number of phenols is 2. The number of aromatic nitrogens is 3. The zero-order chi connectivity index (χ0) is 78.4. The number of carboxylic acids is 1. The number of phenolic OH excluding ortho intramolecular Hbond substituents is 2. The van der Waals surface area contributed by atoms with Crippen LogP contribution in [-0.2, 0) is 101 Å². The molecule has 0 saturated carbocycles. The number of para-hydroxylation sites is 1. The standard InChI is InChI=1S/C73H87N19O16/c1-39-62(98)85-53(30-41-14-7-4-8-15-41)70(106)91-73(2,71(107)108)92(58(61(76)97)31-43-21-25-47(94)26-22-43)60(96)35-57(86-63(99)49(74)28-42-19-23-46(93)24-20-42)69(105)89-55(33-45-37-79-38-82-45)68(104)87-52(29-40-12-5-3-6-13-40)66(102)84-51(18-11-27-80-72(77)78)64(100)88-54(32-44-36-81-50-17-10-9-16-48(44)50)67(103)90-56(34-59(75)95)65(101)83-39/h3-10,12-17,19-26,36-39,49,51-58,81,93-94H,11,18,27-35,74H2,1-2H3,(H2,75,95)(H2,76,97)(H,79,82)(H,83,101)(H,84,102)(H,85,98)(H,86,99)(H,87,104)(H,88,100)(H,89,105)(H,90,103)(H,91,106)(H,107,108)(H4,77,78,80)/t39-,49-,51-,52+,53-,54-,55-,56-,57-,58-,73?/m0/s1.